The minimum atomic E-state index is -0.0304. The van der Waals surface area contributed by atoms with Gasteiger partial charge in [-0.15, -0.1) is 0 Å². The Hall–Kier alpha value is -2.30. The summed E-state index contributed by atoms with van der Waals surface area (Å²) in [4.78, 5) is 11.5. The van der Waals surface area contributed by atoms with Crippen LogP contribution in [-0.2, 0) is 12.0 Å². The molecule has 1 aliphatic heterocycles. The van der Waals surface area contributed by atoms with E-state index in [1.165, 1.54) is 5.56 Å². The number of benzene rings is 1. The van der Waals surface area contributed by atoms with Gasteiger partial charge in [-0.3, -0.25) is 0 Å². The van der Waals surface area contributed by atoms with E-state index in [0.717, 1.165) is 37.8 Å². The van der Waals surface area contributed by atoms with E-state index in [9.17, 15) is 0 Å². The van der Waals surface area contributed by atoms with Crippen molar-refractivity contribution in [1.82, 2.24) is 15.2 Å². The summed E-state index contributed by atoms with van der Waals surface area (Å²) in [5, 5.41) is 3.41. The molecule has 1 unspecified atom stereocenters. The zero-order valence-electron chi connectivity index (χ0n) is 16.3. The van der Waals surface area contributed by atoms with Crippen molar-refractivity contribution in [2.24, 2.45) is 4.99 Å². The number of hydrogen-bond donors (Lipinski definition) is 1. The van der Waals surface area contributed by atoms with E-state index in [2.05, 4.69) is 73.2 Å². The topological polar surface area (TPSA) is 53.7 Å². The third-order valence-corrected chi connectivity index (χ3v) is 4.75. The van der Waals surface area contributed by atoms with Gasteiger partial charge in [0.2, 0.25) is 5.89 Å². The van der Waals surface area contributed by atoms with Gasteiger partial charge in [0, 0.05) is 31.0 Å². The molecule has 0 amide bonds. The number of guanidine groups is 1. The highest BCUT2D eigenvalue weighted by molar-refractivity contribution is 5.80. The molecule has 5 nitrogen and oxygen atoms in total. The van der Waals surface area contributed by atoms with Crippen molar-refractivity contribution in [1.29, 1.82) is 0 Å². The molecular formula is C21H30N4O. The molecule has 5 heteroatoms. The number of aromatic nitrogens is 1. The standard InChI is InChI=1S/C21H30N4O/c1-5-22-20(24-14-19-23-13-18(26-19)21(2,3)4)25-12-11-17(15-25)16-9-7-6-8-10-16/h6-10,13,17H,5,11-12,14-15H2,1-4H3,(H,22,24). The smallest absolute Gasteiger partial charge is 0.216 e. The lowest BCUT2D eigenvalue weighted by Crippen LogP contribution is -2.40. The van der Waals surface area contributed by atoms with Crippen LogP contribution in [0, 0.1) is 0 Å². The summed E-state index contributed by atoms with van der Waals surface area (Å²) in [6.07, 6.45) is 2.97. The van der Waals surface area contributed by atoms with E-state index in [1.807, 2.05) is 6.20 Å². The third-order valence-electron chi connectivity index (χ3n) is 4.75. The van der Waals surface area contributed by atoms with Gasteiger partial charge in [-0.1, -0.05) is 51.1 Å². The average Bonchev–Trinajstić information content (AvgIpc) is 3.29. The van der Waals surface area contributed by atoms with Gasteiger partial charge in [0.25, 0.3) is 0 Å². The molecule has 0 bridgehead atoms. The first kappa shape index (κ1) is 18.5. The van der Waals surface area contributed by atoms with Gasteiger partial charge < -0.3 is 14.6 Å². The molecule has 1 aromatic heterocycles. The summed E-state index contributed by atoms with van der Waals surface area (Å²) in [7, 11) is 0. The largest absolute Gasteiger partial charge is 0.443 e. The van der Waals surface area contributed by atoms with Gasteiger partial charge in [-0.25, -0.2) is 9.98 Å². The molecule has 3 rings (SSSR count). The van der Waals surface area contributed by atoms with Crippen LogP contribution in [-0.4, -0.2) is 35.5 Å². The highest BCUT2D eigenvalue weighted by Gasteiger charge is 2.26. The number of hydrogen-bond acceptors (Lipinski definition) is 3. The summed E-state index contributed by atoms with van der Waals surface area (Å²) < 4.78 is 5.87. The molecule has 0 spiro atoms. The number of aliphatic imine (C=N–C) groups is 1. The Labute approximate surface area is 156 Å². The molecule has 1 aromatic carbocycles. The SMILES string of the molecule is CCNC(=NCc1ncc(C(C)(C)C)o1)N1CCC(c2ccccc2)C1. The molecule has 0 aliphatic carbocycles. The van der Waals surface area contributed by atoms with Gasteiger partial charge in [-0.05, 0) is 18.9 Å². The Bertz CT molecular complexity index is 730. The highest BCUT2D eigenvalue weighted by Crippen LogP contribution is 2.27. The van der Waals surface area contributed by atoms with E-state index >= 15 is 0 Å². The fourth-order valence-corrected chi connectivity index (χ4v) is 3.25. The Balaban J connectivity index is 1.67. The summed E-state index contributed by atoms with van der Waals surface area (Å²) in [6.45, 7) is 11.8. The van der Waals surface area contributed by atoms with Crippen molar-refractivity contribution in [2.75, 3.05) is 19.6 Å². The second-order valence-electron chi connectivity index (χ2n) is 7.88. The fourth-order valence-electron chi connectivity index (χ4n) is 3.25. The molecule has 2 aromatic rings. The van der Waals surface area contributed by atoms with Gasteiger partial charge in [-0.2, -0.15) is 0 Å². The van der Waals surface area contributed by atoms with Crippen LogP contribution in [0.2, 0.25) is 0 Å². The fraction of sp³-hybridized carbons (Fsp3) is 0.524. The predicted molar refractivity (Wildman–Crippen MR) is 105 cm³/mol. The predicted octanol–water partition coefficient (Wildman–Crippen LogP) is 3.93. The Morgan fingerprint density at radius 3 is 2.73 bits per heavy atom. The molecule has 1 aliphatic rings. The molecule has 1 fully saturated rings. The van der Waals surface area contributed by atoms with Crippen LogP contribution in [0.4, 0.5) is 0 Å². The molecule has 0 radical (unpaired) electrons. The monoisotopic (exact) mass is 354 g/mol. The van der Waals surface area contributed by atoms with Crippen LogP contribution < -0.4 is 5.32 Å². The van der Waals surface area contributed by atoms with Crippen molar-refractivity contribution in [3.63, 3.8) is 0 Å². The third kappa shape index (κ3) is 4.45. The van der Waals surface area contributed by atoms with Crippen LogP contribution in [0.15, 0.2) is 45.9 Å². The lowest BCUT2D eigenvalue weighted by atomic mass is 9.94. The van der Waals surface area contributed by atoms with Crippen LogP contribution in [0.5, 0.6) is 0 Å². The van der Waals surface area contributed by atoms with Gasteiger partial charge in [0.05, 0.1) is 6.20 Å². The molecule has 1 atom stereocenters. The second-order valence-corrected chi connectivity index (χ2v) is 7.88. The molecule has 0 saturated carbocycles. The van der Waals surface area contributed by atoms with Crippen molar-refractivity contribution < 1.29 is 4.42 Å². The van der Waals surface area contributed by atoms with Crippen molar-refractivity contribution in [3.05, 3.63) is 53.7 Å². The Morgan fingerprint density at radius 2 is 2.08 bits per heavy atom. The van der Waals surface area contributed by atoms with Crippen LogP contribution >= 0.6 is 0 Å². The van der Waals surface area contributed by atoms with E-state index < -0.39 is 0 Å². The maximum Gasteiger partial charge on any atom is 0.216 e. The maximum absolute atomic E-state index is 5.87. The number of nitrogens with zero attached hydrogens (tertiary/aromatic N) is 3. The average molecular weight is 354 g/mol. The van der Waals surface area contributed by atoms with Crippen LogP contribution in [0.25, 0.3) is 0 Å². The van der Waals surface area contributed by atoms with Crippen molar-refractivity contribution >= 4 is 5.96 Å². The zero-order chi connectivity index (χ0) is 18.6. The second kappa shape index (κ2) is 7.94. The van der Waals surface area contributed by atoms with Crippen LogP contribution in [0.3, 0.4) is 0 Å². The normalized spacial score (nSPS) is 18.4. The quantitative estimate of drug-likeness (QED) is 0.668. The minimum absolute atomic E-state index is 0.0304. The first-order valence-corrected chi connectivity index (χ1v) is 9.50. The number of rotatable bonds is 4. The van der Waals surface area contributed by atoms with Gasteiger partial charge in [0.15, 0.2) is 5.96 Å². The van der Waals surface area contributed by atoms with Crippen molar-refractivity contribution in [2.45, 2.75) is 52.0 Å². The first-order chi connectivity index (χ1) is 12.5. The van der Waals surface area contributed by atoms with E-state index in [4.69, 9.17) is 9.41 Å². The highest BCUT2D eigenvalue weighted by atomic mass is 16.4. The summed E-state index contributed by atoms with van der Waals surface area (Å²) >= 11 is 0. The first-order valence-electron chi connectivity index (χ1n) is 9.50. The number of likely N-dealkylation sites (tertiary alicyclic amines) is 1. The molecule has 1 saturated heterocycles. The Kier molecular flexibility index (Phi) is 5.64. The molecule has 26 heavy (non-hydrogen) atoms. The molecular weight excluding hydrogens is 324 g/mol. The lowest BCUT2D eigenvalue weighted by Gasteiger charge is -2.21. The Morgan fingerprint density at radius 1 is 1.31 bits per heavy atom. The molecule has 2 heterocycles. The van der Waals surface area contributed by atoms with Gasteiger partial charge >= 0.3 is 0 Å². The van der Waals surface area contributed by atoms with Gasteiger partial charge in [0.1, 0.15) is 12.3 Å². The molecule has 1 N–H and O–H groups in total. The number of nitrogens with one attached hydrogen (secondary N) is 1. The maximum atomic E-state index is 5.87. The van der Waals surface area contributed by atoms with E-state index in [1.54, 1.807) is 0 Å². The van der Waals surface area contributed by atoms with E-state index in [-0.39, 0.29) is 5.41 Å². The summed E-state index contributed by atoms with van der Waals surface area (Å²) in [5.41, 5.74) is 1.38. The zero-order valence-corrected chi connectivity index (χ0v) is 16.3. The summed E-state index contributed by atoms with van der Waals surface area (Å²) in [5.74, 6) is 3.08. The molecule has 140 valence electrons. The van der Waals surface area contributed by atoms with Crippen LogP contribution in [0.1, 0.15) is 57.2 Å². The minimum Gasteiger partial charge on any atom is -0.443 e. The van der Waals surface area contributed by atoms with Crippen molar-refractivity contribution in [3.8, 4) is 0 Å². The number of oxazole rings is 1. The lowest BCUT2D eigenvalue weighted by molar-refractivity contribution is 0.382. The summed E-state index contributed by atoms with van der Waals surface area (Å²) in [6, 6.07) is 10.8. The van der Waals surface area contributed by atoms with E-state index in [0.29, 0.717) is 18.4 Å².